The minimum atomic E-state index is -3.60. The van der Waals surface area contributed by atoms with Crippen LogP contribution in [0.4, 0.5) is 15.9 Å². The lowest BCUT2D eigenvalue weighted by Gasteiger charge is -2.36. The van der Waals surface area contributed by atoms with E-state index in [0.717, 1.165) is 54.2 Å². The van der Waals surface area contributed by atoms with Crippen molar-refractivity contribution in [3.8, 4) is 0 Å². The molecule has 0 radical (unpaired) electrons. The van der Waals surface area contributed by atoms with Gasteiger partial charge < -0.3 is 9.80 Å². The number of hydrogen-bond donors (Lipinski definition) is 1. The SMILES string of the molecule is O=S(=O)(C=Cc1ccc(Cl)cc1)NCc1ccnc(N2CCN(c3ccc(F)cc3)CC2)c1. The number of nitrogens with one attached hydrogen (secondary N) is 1. The second-order valence-electron chi connectivity index (χ2n) is 7.69. The summed E-state index contributed by atoms with van der Waals surface area (Å²) in [5.74, 6) is 0.566. The molecule has 1 N–H and O–H groups in total. The highest BCUT2D eigenvalue weighted by Crippen LogP contribution is 2.20. The van der Waals surface area contributed by atoms with Crippen LogP contribution in [0.15, 0.2) is 72.3 Å². The molecule has 172 valence electrons. The molecule has 0 aliphatic carbocycles. The fraction of sp³-hybridized carbons (Fsp3) is 0.208. The predicted octanol–water partition coefficient (Wildman–Crippen LogP) is 4.29. The van der Waals surface area contributed by atoms with E-state index >= 15 is 0 Å². The lowest BCUT2D eigenvalue weighted by atomic mass is 10.2. The second kappa shape index (κ2) is 10.3. The number of pyridine rings is 1. The van der Waals surface area contributed by atoms with E-state index in [1.54, 1.807) is 48.7 Å². The second-order valence-corrected chi connectivity index (χ2v) is 9.78. The Labute approximate surface area is 198 Å². The summed E-state index contributed by atoms with van der Waals surface area (Å²) in [5, 5.41) is 1.74. The minimum absolute atomic E-state index is 0.165. The quantitative estimate of drug-likeness (QED) is 0.539. The fourth-order valence-corrected chi connectivity index (χ4v) is 4.49. The van der Waals surface area contributed by atoms with Crippen LogP contribution in [0.2, 0.25) is 5.02 Å². The maximum absolute atomic E-state index is 13.2. The molecule has 1 aromatic heterocycles. The van der Waals surface area contributed by atoms with Crippen LogP contribution < -0.4 is 14.5 Å². The standard InChI is InChI=1S/C24H24ClFN4O2S/c25-21-3-1-19(2-4-21)10-16-33(31,32)28-18-20-9-11-27-24(17-20)30-14-12-29(13-15-30)23-7-5-22(26)6-8-23/h1-11,16-17,28H,12-15,18H2. The molecule has 0 amide bonds. The van der Waals surface area contributed by atoms with Crippen LogP contribution in [-0.2, 0) is 16.6 Å². The van der Waals surface area contributed by atoms with Gasteiger partial charge in [0.2, 0.25) is 10.0 Å². The van der Waals surface area contributed by atoms with Crippen molar-refractivity contribution >= 4 is 39.2 Å². The average molecular weight is 487 g/mol. The Morgan fingerprint density at radius 1 is 0.970 bits per heavy atom. The van der Waals surface area contributed by atoms with Gasteiger partial charge in [-0.15, -0.1) is 0 Å². The molecule has 33 heavy (non-hydrogen) atoms. The van der Waals surface area contributed by atoms with Gasteiger partial charge in [0.1, 0.15) is 11.6 Å². The highest BCUT2D eigenvalue weighted by Gasteiger charge is 2.18. The van der Waals surface area contributed by atoms with Crippen LogP contribution in [0.25, 0.3) is 6.08 Å². The van der Waals surface area contributed by atoms with Gasteiger partial charge in [-0.25, -0.2) is 22.5 Å². The average Bonchev–Trinajstić information content (AvgIpc) is 2.83. The first-order chi connectivity index (χ1) is 15.9. The highest BCUT2D eigenvalue weighted by atomic mass is 35.5. The van der Waals surface area contributed by atoms with E-state index in [0.29, 0.717) is 5.02 Å². The number of rotatable bonds is 7. The number of halogens is 2. The zero-order valence-electron chi connectivity index (χ0n) is 17.9. The lowest BCUT2D eigenvalue weighted by Crippen LogP contribution is -2.46. The monoisotopic (exact) mass is 486 g/mol. The van der Waals surface area contributed by atoms with Crippen LogP contribution in [0.1, 0.15) is 11.1 Å². The zero-order valence-corrected chi connectivity index (χ0v) is 19.4. The van der Waals surface area contributed by atoms with Gasteiger partial charge in [0.05, 0.1) is 0 Å². The molecule has 3 aromatic rings. The molecule has 4 rings (SSSR count). The summed E-state index contributed by atoms with van der Waals surface area (Å²) >= 11 is 5.85. The maximum Gasteiger partial charge on any atom is 0.234 e. The molecular weight excluding hydrogens is 463 g/mol. The van der Waals surface area contributed by atoms with Gasteiger partial charge in [0.25, 0.3) is 0 Å². The van der Waals surface area contributed by atoms with Gasteiger partial charge in [-0.1, -0.05) is 23.7 Å². The molecule has 2 heterocycles. The third-order valence-electron chi connectivity index (χ3n) is 5.39. The van der Waals surface area contributed by atoms with Crippen LogP contribution in [-0.4, -0.2) is 39.6 Å². The molecule has 1 aliphatic rings. The van der Waals surface area contributed by atoms with Crippen molar-refractivity contribution in [2.24, 2.45) is 0 Å². The molecule has 0 saturated carbocycles. The smallest absolute Gasteiger partial charge is 0.234 e. The van der Waals surface area contributed by atoms with E-state index in [9.17, 15) is 12.8 Å². The van der Waals surface area contributed by atoms with Gasteiger partial charge in [0, 0.05) is 55.0 Å². The molecule has 0 unspecified atom stereocenters. The van der Waals surface area contributed by atoms with Crippen molar-refractivity contribution in [2.75, 3.05) is 36.0 Å². The molecule has 0 spiro atoms. The molecule has 1 aliphatic heterocycles. The van der Waals surface area contributed by atoms with Gasteiger partial charge in [-0.2, -0.15) is 0 Å². The van der Waals surface area contributed by atoms with Crippen LogP contribution >= 0.6 is 11.6 Å². The first kappa shape index (κ1) is 23.2. The first-order valence-electron chi connectivity index (χ1n) is 10.5. The molecule has 1 saturated heterocycles. The summed E-state index contributed by atoms with van der Waals surface area (Å²) in [6.45, 7) is 3.28. The Kier molecular flexibility index (Phi) is 7.27. The van der Waals surface area contributed by atoms with Crippen molar-refractivity contribution in [2.45, 2.75) is 6.54 Å². The van der Waals surface area contributed by atoms with E-state index in [1.165, 1.54) is 18.2 Å². The topological polar surface area (TPSA) is 65.5 Å². The van der Waals surface area contributed by atoms with Crippen molar-refractivity contribution in [1.29, 1.82) is 0 Å². The predicted molar refractivity (Wildman–Crippen MR) is 131 cm³/mol. The van der Waals surface area contributed by atoms with Crippen molar-refractivity contribution < 1.29 is 12.8 Å². The van der Waals surface area contributed by atoms with Crippen LogP contribution in [0.3, 0.4) is 0 Å². The lowest BCUT2D eigenvalue weighted by molar-refractivity contribution is 0.590. The molecule has 0 atom stereocenters. The largest absolute Gasteiger partial charge is 0.368 e. The van der Waals surface area contributed by atoms with Crippen molar-refractivity contribution in [3.05, 3.63) is 94.2 Å². The van der Waals surface area contributed by atoms with E-state index in [-0.39, 0.29) is 12.4 Å². The summed E-state index contributed by atoms with van der Waals surface area (Å²) in [6, 6.07) is 17.1. The third-order valence-corrected chi connectivity index (χ3v) is 6.69. The number of aromatic nitrogens is 1. The first-order valence-corrected chi connectivity index (χ1v) is 12.4. The molecule has 2 aromatic carbocycles. The number of sulfonamides is 1. The van der Waals surface area contributed by atoms with E-state index in [1.807, 2.05) is 6.07 Å². The van der Waals surface area contributed by atoms with Gasteiger partial charge >= 0.3 is 0 Å². The Morgan fingerprint density at radius 2 is 1.64 bits per heavy atom. The zero-order chi connectivity index (χ0) is 23.3. The Morgan fingerprint density at radius 3 is 2.33 bits per heavy atom. The summed E-state index contributed by atoms with van der Waals surface area (Å²) in [7, 11) is -3.60. The van der Waals surface area contributed by atoms with E-state index < -0.39 is 10.0 Å². The number of hydrogen-bond acceptors (Lipinski definition) is 5. The number of benzene rings is 2. The Balaban J connectivity index is 1.33. The Hall–Kier alpha value is -2.94. The van der Waals surface area contributed by atoms with Gasteiger partial charge in [-0.05, 0) is 65.7 Å². The molecule has 9 heteroatoms. The van der Waals surface area contributed by atoms with E-state index in [2.05, 4.69) is 19.5 Å². The molecule has 0 bridgehead atoms. The van der Waals surface area contributed by atoms with Gasteiger partial charge in [-0.3, -0.25) is 0 Å². The van der Waals surface area contributed by atoms with Crippen molar-refractivity contribution in [3.63, 3.8) is 0 Å². The van der Waals surface area contributed by atoms with E-state index in [4.69, 9.17) is 11.6 Å². The maximum atomic E-state index is 13.2. The molecular formula is C24H24ClFN4O2S. The van der Waals surface area contributed by atoms with Crippen LogP contribution in [0, 0.1) is 5.82 Å². The molecule has 6 nitrogen and oxygen atoms in total. The summed E-state index contributed by atoms with van der Waals surface area (Å²) in [4.78, 5) is 8.83. The van der Waals surface area contributed by atoms with Crippen LogP contribution in [0.5, 0.6) is 0 Å². The summed E-state index contributed by atoms with van der Waals surface area (Å²) in [6.07, 6.45) is 3.21. The third kappa shape index (κ3) is 6.54. The normalized spacial score (nSPS) is 14.7. The number of nitrogens with zero attached hydrogens (tertiary/aromatic N) is 3. The van der Waals surface area contributed by atoms with Gasteiger partial charge in [0.15, 0.2) is 0 Å². The Bertz CT molecular complexity index is 1210. The number of anilines is 2. The molecule has 1 fully saturated rings. The number of piperazine rings is 1. The minimum Gasteiger partial charge on any atom is -0.368 e. The highest BCUT2D eigenvalue weighted by molar-refractivity contribution is 7.92. The fourth-order valence-electron chi connectivity index (χ4n) is 3.56. The van der Waals surface area contributed by atoms with Crippen molar-refractivity contribution in [1.82, 2.24) is 9.71 Å². The summed E-state index contributed by atoms with van der Waals surface area (Å²) < 4.78 is 40.4. The summed E-state index contributed by atoms with van der Waals surface area (Å²) in [5.41, 5.74) is 2.57.